The minimum atomic E-state index is -4.93. The van der Waals surface area contributed by atoms with E-state index in [9.17, 15) is 31.2 Å². The van der Waals surface area contributed by atoms with Crippen LogP contribution in [0.3, 0.4) is 0 Å². The van der Waals surface area contributed by atoms with Crippen LogP contribution in [0.4, 0.5) is 18.9 Å². The van der Waals surface area contributed by atoms with E-state index in [4.69, 9.17) is 34.8 Å². The predicted octanol–water partition coefficient (Wildman–Crippen LogP) is 8.87. The summed E-state index contributed by atoms with van der Waals surface area (Å²) in [6.07, 6.45) is -1.51. The fraction of sp³-hybridized carbons (Fsp3) is 0.297. The van der Waals surface area contributed by atoms with Crippen LogP contribution in [0.1, 0.15) is 47.9 Å². The predicted molar refractivity (Wildman–Crippen MR) is 194 cm³/mol. The van der Waals surface area contributed by atoms with Gasteiger partial charge >= 0.3 is 6.18 Å². The Labute approximate surface area is 310 Å². The van der Waals surface area contributed by atoms with Crippen LogP contribution in [0, 0.1) is 6.92 Å². The van der Waals surface area contributed by atoms with Crippen LogP contribution in [-0.2, 0) is 38.8 Å². The second-order valence-electron chi connectivity index (χ2n) is 12.4. The lowest BCUT2D eigenvalue weighted by Gasteiger charge is -2.35. The first kappa shape index (κ1) is 38.5. The third-order valence-electron chi connectivity index (χ3n) is 8.79. The summed E-state index contributed by atoms with van der Waals surface area (Å²) in [5, 5.41) is 2.81. The topological polar surface area (TPSA) is 86.8 Å². The van der Waals surface area contributed by atoms with Crippen LogP contribution in [0.15, 0.2) is 95.9 Å². The summed E-state index contributed by atoms with van der Waals surface area (Å²) in [6.45, 7) is 0.465. The molecule has 0 saturated heterocycles. The number of nitrogens with zero attached hydrogens (tertiary/aromatic N) is 2. The number of alkyl halides is 3. The van der Waals surface area contributed by atoms with Crippen molar-refractivity contribution in [2.24, 2.45) is 0 Å². The summed E-state index contributed by atoms with van der Waals surface area (Å²) in [4.78, 5) is 29.8. The van der Waals surface area contributed by atoms with Gasteiger partial charge in [0, 0.05) is 34.6 Å². The molecule has 0 bridgehead atoms. The van der Waals surface area contributed by atoms with Crippen molar-refractivity contribution in [3.8, 4) is 0 Å². The van der Waals surface area contributed by atoms with Gasteiger partial charge in [-0.1, -0.05) is 102 Å². The van der Waals surface area contributed by atoms with Crippen molar-refractivity contribution in [2.45, 2.75) is 68.7 Å². The molecule has 0 radical (unpaired) electrons. The third-order valence-corrected chi connectivity index (χ3v) is 11.6. The van der Waals surface area contributed by atoms with E-state index >= 15 is 0 Å². The number of halogens is 6. The molecule has 1 saturated carbocycles. The van der Waals surface area contributed by atoms with Crippen LogP contribution < -0.4 is 9.62 Å². The van der Waals surface area contributed by atoms with Gasteiger partial charge in [0.2, 0.25) is 11.8 Å². The molecule has 5 rings (SSSR count). The Kier molecular flexibility index (Phi) is 12.3. The molecule has 0 unspecified atom stereocenters. The van der Waals surface area contributed by atoms with E-state index in [1.54, 1.807) is 55.5 Å². The Hall–Kier alpha value is -3.77. The molecule has 0 spiro atoms. The highest BCUT2D eigenvalue weighted by Gasteiger charge is 2.38. The highest BCUT2D eigenvalue weighted by Crippen LogP contribution is 2.38. The second kappa shape index (κ2) is 16.3. The zero-order chi connectivity index (χ0) is 36.9. The van der Waals surface area contributed by atoms with Crippen LogP contribution in [0.2, 0.25) is 15.1 Å². The molecule has 1 N–H and O–H groups in total. The van der Waals surface area contributed by atoms with E-state index in [0.717, 1.165) is 43.4 Å². The van der Waals surface area contributed by atoms with E-state index in [2.05, 4.69) is 5.32 Å². The summed E-state index contributed by atoms with van der Waals surface area (Å²) >= 11 is 19.0. The largest absolute Gasteiger partial charge is 0.417 e. The zero-order valence-corrected chi connectivity index (χ0v) is 30.6. The van der Waals surface area contributed by atoms with Gasteiger partial charge in [0.05, 0.1) is 21.2 Å². The van der Waals surface area contributed by atoms with Gasteiger partial charge in [0.15, 0.2) is 0 Å². The average Bonchev–Trinajstić information content (AvgIpc) is 3.60. The van der Waals surface area contributed by atoms with Gasteiger partial charge in [-0.2, -0.15) is 13.2 Å². The summed E-state index contributed by atoms with van der Waals surface area (Å²) in [7, 11) is -4.66. The number of hydrogen-bond acceptors (Lipinski definition) is 4. The molecule has 14 heteroatoms. The van der Waals surface area contributed by atoms with Gasteiger partial charge in [0.1, 0.15) is 12.6 Å². The number of sulfonamides is 1. The first-order valence-corrected chi connectivity index (χ1v) is 18.8. The molecule has 1 aliphatic rings. The van der Waals surface area contributed by atoms with E-state index in [-0.39, 0.29) is 33.9 Å². The molecular weight excluding hydrogens is 746 g/mol. The molecule has 1 atom stereocenters. The Balaban J connectivity index is 1.64. The maximum Gasteiger partial charge on any atom is 0.417 e. The van der Waals surface area contributed by atoms with Crippen molar-refractivity contribution in [2.75, 3.05) is 10.8 Å². The van der Waals surface area contributed by atoms with Crippen LogP contribution in [0.25, 0.3) is 0 Å². The third kappa shape index (κ3) is 9.37. The molecule has 51 heavy (non-hydrogen) atoms. The van der Waals surface area contributed by atoms with Crippen molar-refractivity contribution in [1.82, 2.24) is 10.2 Å². The number of anilines is 1. The second-order valence-corrected chi connectivity index (χ2v) is 15.5. The number of amides is 2. The monoisotopic (exact) mass is 779 g/mol. The number of rotatable bonds is 12. The quantitative estimate of drug-likeness (QED) is 0.156. The smallest absolute Gasteiger partial charge is 0.352 e. The molecule has 2 amide bonds. The van der Waals surface area contributed by atoms with Gasteiger partial charge in [-0.25, -0.2) is 8.42 Å². The van der Waals surface area contributed by atoms with E-state index in [1.165, 1.54) is 29.2 Å². The van der Waals surface area contributed by atoms with E-state index < -0.39 is 56.9 Å². The van der Waals surface area contributed by atoms with E-state index in [0.29, 0.717) is 21.5 Å². The summed E-state index contributed by atoms with van der Waals surface area (Å²) < 4.78 is 71.2. The Bertz CT molecular complexity index is 1950. The lowest BCUT2D eigenvalue weighted by molar-refractivity contribution is -0.140. The van der Waals surface area contributed by atoms with Crippen molar-refractivity contribution in [1.29, 1.82) is 0 Å². The molecule has 0 heterocycles. The standard InChI is InChI=1S/C37H35Cl3F3N3O4S/c1-24-14-17-28(18-15-24)51(49,50)46(27-16-19-33(40)30(21-27)37(41,42)43)23-35(47)45(22-29-31(38)12-7-13-32(29)39)34(20-25-8-3-2-4-9-25)36(48)44-26-10-5-6-11-26/h2-4,7-9,12-19,21,26,34H,5-6,10-11,20,22-23H2,1H3,(H,44,48)/t34-/m1/s1. The highest BCUT2D eigenvalue weighted by molar-refractivity contribution is 7.92. The minimum Gasteiger partial charge on any atom is -0.352 e. The van der Waals surface area contributed by atoms with E-state index in [1.807, 2.05) is 0 Å². The molecule has 4 aromatic rings. The molecular formula is C37H35Cl3F3N3O4S. The number of aryl methyl sites for hydroxylation is 1. The van der Waals surface area contributed by atoms with Crippen molar-refractivity contribution >= 4 is 62.3 Å². The maximum atomic E-state index is 14.7. The summed E-state index contributed by atoms with van der Waals surface area (Å²) in [6, 6.07) is 20.7. The molecule has 1 fully saturated rings. The summed E-state index contributed by atoms with van der Waals surface area (Å²) in [5.41, 5.74) is 0.0212. The zero-order valence-electron chi connectivity index (χ0n) is 27.5. The Morgan fingerprint density at radius 2 is 1.49 bits per heavy atom. The van der Waals surface area contributed by atoms with Crippen molar-refractivity contribution in [3.63, 3.8) is 0 Å². The molecule has 1 aliphatic carbocycles. The van der Waals surface area contributed by atoms with Crippen LogP contribution >= 0.6 is 34.8 Å². The number of nitrogens with one attached hydrogen (secondary N) is 1. The Morgan fingerprint density at radius 3 is 2.10 bits per heavy atom. The fourth-order valence-corrected chi connectivity index (χ4v) is 8.17. The number of carbonyl (C=O) groups excluding carboxylic acids is 2. The lowest BCUT2D eigenvalue weighted by Crippen LogP contribution is -2.54. The Morgan fingerprint density at radius 1 is 0.863 bits per heavy atom. The fourth-order valence-electron chi connectivity index (χ4n) is 6.03. The number of carbonyl (C=O) groups is 2. The molecule has 7 nitrogen and oxygen atoms in total. The molecule has 0 aromatic heterocycles. The molecule has 4 aromatic carbocycles. The van der Waals surface area contributed by atoms with Crippen LogP contribution in [-0.4, -0.2) is 43.8 Å². The minimum absolute atomic E-state index is 0.0388. The molecule has 0 aliphatic heterocycles. The van der Waals surface area contributed by atoms with Crippen molar-refractivity contribution in [3.05, 3.63) is 128 Å². The first-order chi connectivity index (χ1) is 24.1. The molecule has 270 valence electrons. The number of benzene rings is 4. The SMILES string of the molecule is Cc1ccc(S(=O)(=O)N(CC(=O)N(Cc2c(Cl)cccc2Cl)[C@H](Cc2ccccc2)C(=O)NC2CCCC2)c2ccc(Cl)c(C(F)(F)F)c2)cc1. The lowest BCUT2D eigenvalue weighted by atomic mass is 10.0. The van der Waals surface area contributed by atoms with Crippen molar-refractivity contribution < 1.29 is 31.2 Å². The normalized spacial score (nSPS) is 14.3. The number of hydrogen-bond donors (Lipinski definition) is 1. The van der Waals surface area contributed by atoms with Crippen LogP contribution in [0.5, 0.6) is 0 Å². The van der Waals surface area contributed by atoms with Gasteiger partial charge in [-0.05, 0) is 67.8 Å². The average molecular weight is 781 g/mol. The van der Waals surface area contributed by atoms with Gasteiger partial charge in [-0.15, -0.1) is 0 Å². The van der Waals surface area contributed by atoms with Gasteiger partial charge < -0.3 is 10.2 Å². The maximum absolute atomic E-state index is 14.7. The summed E-state index contributed by atoms with van der Waals surface area (Å²) in [5.74, 6) is -1.35. The first-order valence-electron chi connectivity index (χ1n) is 16.2. The highest BCUT2D eigenvalue weighted by atomic mass is 35.5. The van der Waals surface area contributed by atoms with Gasteiger partial charge in [-0.3, -0.25) is 13.9 Å². The van der Waals surface area contributed by atoms with Gasteiger partial charge in [0.25, 0.3) is 10.0 Å².